The van der Waals surface area contributed by atoms with Crippen LogP contribution in [0.5, 0.6) is 0 Å². The molecule has 1 aliphatic heterocycles. The maximum Gasteiger partial charge on any atom is 0.408 e. The van der Waals surface area contributed by atoms with Crippen LogP contribution in [0.2, 0.25) is 0 Å². The molecule has 0 aromatic heterocycles. The predicted molar refractivity (Wildman–Crippen MR) is 102 cm³/mol. The molecule has 6 heteroatoms. The van der Waals surface area contributed by atoms with Crippen molar-refractivity contribution in [3.05, 3.63) is 35.4 Å². The molecule has 1 atom stereocenters. The molecule has 0 saturated heterocycles. The van der Waals surface area contributed by atoms with Gasteiger partial charge in [0.05, 0.1) is 6.61 Å². The molecule has 1 aliphatic rings. The summed E-state index contributed by atoms with van der Waals surface area (Å²) in [6.45, 7) is 8.02. The molecule has 0 bridgehead atoms. The van der Waals surface area contributed by atoms with E-state index in [1.54, 1.807) is 27.7 Å². The largest absolute Gasteiger partial charge is 0.464 e. The molecule has 0 fully saturated rings. The van der Waals surface area contributed by atoms with Crippen molar-refractivity contribution >= 4 is 23.8 Å². The number of ether oxygens (including phenoxy) is 2. The van der Waals surface area contributed by atoms with Crippen LogP contribution >= 0.6 is 0 Å². The van der Waals surface area contributed by atoms with E-state index in [0.717, 1.165) is 16.8 Å². The number of para-hydroxylation sites is 1. The Kier molecular flexibility index (Phi) is 6.29. The van der Waals surface area contributed by atoms with Gasteiger partial charge in [0.2, 0.25) is 0 Å². The van der Waals surface area contributed by atoms with E-state index in [0.29, 0.717) is 13.0 Å². The Morgan fingerprint density at radius 3 is 2.62 bits per heavy atom. The van der Waals surface area contributed by atoms with E-state index >= 15 is 0 Å². The Balaban J connectivity index is 2.15. The van der Waals surface area contributed by atoms with Crippen LogP contribution in [0, 0.1) is 0 Å². The fourth-order valence-corrected chi connectivity index (χ4v) is 2.88. The Hall–Kier alpha value is -2.50. The van der Waals surface area contributed by atoms with E-state index in [4.69, 9.17) is 9.47 Å². The number of hydrogen-bond donors (Lipinski definition) is 1. The molecular weight excluding hydrogens is 332 g/mol. The number of carbonyl (C=O) groups is 2. The molecule has 1 aromatic rings. The summed E-state index contributed by atoms with van der Waals surface area (Å²) in [4.78, 5) is 26.5. The Morgan fingerprint density at radius 1 is 1.27 bits per heavy atom. The highest BCUT2D eigenvalue weighted by atomic mass is 16.6. The number of esters is 1. The van der Waals surface area contributed by atoms with E-state index in [1.807, 2.05) is 25.2 Å². The molecule has 6 nitrogen and oxygen atoms in total. The van der Waals surface area contributed by atoms with Crippen LogP contribution in [0.1, 0.15) is 39.7 Å². The molecule has 1 amide bonds. The third-order valence-corrected chi connectivity index (χ3v) is 3.88. The quantitative estimate of drug-likeness (QED) is 0.816. The number of benzene rings is 1. The highest BCUT2D eigenvalue weighted by Crippen LogP contribution is 2.29. The highest BCUT2D eigenvalue weighted by Gasteiger charge is 2.27. The summed E-state index contributed by atoms with van der Waals surface area (Å²) in [5, 5.41) is 2.65. The lowest BCUT2D eigenvalue weighted by Crippen LogP contribution is -2.45. The summed E-state index contributed by atoms with van der Waals surface area (Å²) in [6.07, 6.45) is 1.82. The van der Waals surface area contributed by atoms with Crippen LogP contribution in [0.4, 0.5) is 10.5 Å². The van der Waals surface area contributed by atoms with Gasteiger partial charge in [-0.25, -0.2) is 9.59 Å². The lowest BCUT2D eigenvalue weighted by Gasteiger charge is -2.29. The van der Waals surface area contributed by atoms with Gasteiger partial charge in [0.25, 0.3) is 0 Å². The van der Waals surface area contributed by atoms with Crippen LogP contribution in [0.15, 0.2) is 29.8 Å². The minimum atomic E-state index is -0.783. The van der Waals surface area contributed by atoms with E-state index < -0.39 is 23.7 Å². The SMILES string of the molecule is CCOC(=O)[C@H](CC1=Cc2ccccc2N(C)C1)NC(=O)OC(C)(C)C. The molecular formula is C20H28N2O4. The fraction of sp³-hybridized carbons (Fsp3) is 0.500. The van der Waals surface area contributed by atoms with Gasteiger partial charge in [-0.05, 0) is 44.9 Å². The molecule has 1 heterocycles. The molecule has 0 unspecified atom stereocenters. The summed E-state index contributed by atoms with van der Waals surface area (Å²) in [5.41, 5.74) is 2.65. The van der Waals surface area contributed by atoms with Crippen molar-refractivity contribution in [3.63, 3.8) is 0 Å². The first-order valence-corrected chi connectivity index (χ1v) is 8.85. The number of anilines is 1. The third-order valence-electron chi connectivity index (χ3n) is 3.88. The molecule has 0 spiro atoms. The fourth-order valence-electron chi connectivity index (χ4n) is 2.88. The second kappa shape index (κ2) is 8.25. The summed E-state index contributed by atoms with van der Waals surface area (Å²) >= 11 is 0. The van der Waals surface area contributed by atoms with Gasteiger partial charge < -0.3 is 19.7 Å². The van der Waals surface area contributed by atoms with Crippen LogP contribution in [0.25, 0.3) is 6.08 Å². The van der Waals surface area contributed by atoms with E-state index in [9.17, 15) is 9.59 Å². The highest BCUT2D eigenvalue weighted by molar-refractivity contribution is 5.82. The van der Waals surface area contributed by atoms with Gasteiger partial charge in [-0.2, -0.15) is 0 Å². The maximum absolute atomic E-state index is 12.3. The topological polar surface area (TPSA) is 67.9 Å². The van der Waals surface area contributed by atoms with Crippen molar-refractivity contribution in [1.29, 1.82) is 0 Å². The van der Waals surface area contributed by atoms with Gasteiger partial charge in [0.15, 0.2) is 0 Å². The predicted octanol–water partition coefficient (Wildman–Crippen LogP) is 3.37. The van der Waals surface area contributed by atoms with Crippen molar-refractivity contribution in [2.24, 2.45) is 0 Å². The van der Waals surface area contributed by atoms with Gasteiger partial charge in [-0.15, -0.1) is 0 Å². The van der Waals surface area contributed by atoms with E-state index in [1.165, 1.54) is 0 Å². The van der Waals surface area contributed by atoms with E-state index in [-0.39, 0.29) is 6.61 Å². The minimum Gasteiger partial charge on any atom is -0.464 e. The zero-order valence-electron chi connectivity index (χ0n) is 16.2. The molecule has 0 aliphatic carbocycles. The van der Waals surface area contributed by atoms with Crippen LogP contribution in [-0.4, -0.2) is 43.9 Å². The molecule has 2 rings (SSSR count). The molecule has 1 aromatic carbocycles. The zero-order chi connectivity index (χ0) is 19.3. The van der Waals surface area contributed by atoms with Gasteiger partial charge in [0.1, 0.15) is 11.6 Å². The maximum atomic E-state index is 12.3. The normalized spacial score (nSPS) is 14.8. The molecule has 0 radical (unpaired) electrons. The molecule has 142 valence electrons. The van der Waals surface area contributed by atoms with Crippen molar-refractivity contribution in [3.8, 4) is 0 Å². The second-order valence-electron chi connectivity index (χ2n) is 7.37. The number of nitrogens with zero attached hydrogens (tertiary/aromatic N) is 1. The number of fused-ring (bicyclic) bond motifs is 1. The second-order valence-corrected chi connectivity index (χ2v) is 7.37. The van der Waals surface area contributed by atoms with Gasteiger partial charge >= 0.3 is 12.1 Å². The van der Waals surface area contributed by atoms with Gasteiger partial charge in [0, 0.05) is 25.7 Å². The van der Waals surface area contributed by atoms with Crippen molar-refractivity contribution in [2.45, 2.75) is 45.8 Å². The first-order chi connectivity index (χ1) is 12.2. The molecule has 26 heavy (non-hydrogen) atoms. The smallest absolute Gasteiger partial charge is 0.408 e. The number of likely N-dealkylation sites (N-methyl/N-ethyl adjacent to an activating group) is 1. The minimum absolute atomic E-state index is 0.257. The third kappa shape index (κ3) is 5.51. The van der Waals surface area contributed by atoms with Gasteiger partial charge in [-0.3, -0.25) is 0 Å². The van der Waals surface area contributed by atoms with Crippen molar-refractivity contribution in [2.75, 3.05) is 25.1 Å². The monoisotopic (exact) mass is 360 g/mol. The Labute approximate surface area is 155 Å². The summed E-state index contributed by atoms with van der Waals surface area (Å²) in [6, 6.07) is 7.29. The van der Waals surface area contributed by atoms with Crippen LogP contribution < -0.4 is 10.2 Å². The number of hydrogen-bond acceptors (Lipinski definition) is 5. The lowest BCUT2D eigenvalue weighted by atomic mass is 9.98. The number of carbonyl (C=O) groups excluding carboxylic acids is 2. The van der Waals surface area contributed by atoms with Crippen LogP contribution in [0.3, 0.4) is 0 Å². The average molecular weight is 360 g/mol. The molecule has 0 saturated carbocycles. The first-order valence-electron chi connectivity index (χ1n) is 8.85. The standard InChI is InChI=1S/C20H28N2O4/c1-6-25-18(23)16(21-19(24)26-20(2,3)4)12-14-11-15-9-7-8-10-17(15)22(5)13-14/h7-11,16H,6,12-13H2,1-5H3,(H,21,24)/t16-/m0/s1. The average Bonchev–Trinajstić information content (AvgIpc) is 2.53. The lowest BCUT2D eigenvalue weighted by molar-refractivity contribution is -0.145. The number of alkyl carbamates (subject to hydrolysis) is 1. The Bertz CT molecular complexity index is 691. The number of amides is 1. The first kappa shape index (κ1) is 19.8. The van der Waals surface area contributed by atoms with E-state index in [2.05, 4.69) is 22.4 Å². The summed E-state index contributed by atoms with van der Waals surface area (Å²) in [7, 11) is 2.01. The summed E-state index contributed by atoms with van der Waals surface area (Å²) < 4.78 is 10.4. The summed E-state index contributed by atoms with van der Waals surface area (Å²) in [5.74, 6) is -0.458. The van der Waals surface area contributed by atoms with Crippen LogP contribution in [-0.2, 0) is 14.3 Å². The van der Waals surface area contributed by atoms with Crippen molar-refractivity contribution < 1.29 is 19.1 Å². The van der Waals surface area contributed by atoms with Crippen molar-refractivity contribution in [1.82, 2.24) is 5.32 Å². The number of nitrogens with one attached hydrogen (secondary N) is 1. The zero-order valence-corrected chi connectivity index (χ0v) is 16.2. The van der Waals surface area contributed by atoms with Gasteiger partial charge in [-0.1, -0.05) is 24.3 Å². The number of rotatable bonds is 5. The Morgan fingerprint density at radius 2 is 1.96 bits per heavy atom. The molecule has 1 N–H and O–H groups in total.